The molecule has 7 heteroatoms. The van der Waals surface area contributed by atoms with E-state index in [9.17, 15) is 9.59 Å². The van der Waals surface area contributed by atoms with Crippen LogP contribution in [0.1, 0.15) is 17.5 Å². The summed E-state index contributed by atoms with van der Waals surface area (Å²) in [5.74, 6) is 1.74. The molecule has 0 aliphatic carbocycles. The second kappa shape index (κ2) is 8.59. The molecule has 2 aromatic carbocycles. The number of rotatable bonds is 5. The molecule has 3 aliphatic heterocycles. The van der Waals surface area contributed by atoms with Crippen molar-refractivity contribution in [1.82, 2.24) is 4.90 Å². The van der Waals surface area contributed by atoms with E-state index in [2.05, 4.69) is 18.2 Å². The average molecular weight is 423 g/mol. The van der Waals surface area contributed by atoms with Crippen LogP contribution in [0.2, 0.25) is 0 Å². The Kier molecular flexibility index (Phi) is 5.51. The molecule has 2 aromatic rings. The number of nitrogens with one attached hydrogen (secondary N) is 1. The molecule has 0 bridgehead atoms. The van der Waals surface area contributed by atoms with E-state index in [4.69, 9.17) is 9.47 Å². The van der Waals surface area contributed by atoms with Crippen LogP contribution in [0.25, 0.3) is 0 Å². The zero-order chi connectivity index (χ0) is 21.2. The van der Waals surface area contributed by atoms with E-state index in [1.54, 1.807) is 4.90 Å². The molecule has 0 aromatic heterocycles. The number of hydrogen-bond donors (Lipinski definition) is 1. The van der Waals surface area contributed by atoms with Gasteiger partial charge in [0, 0.05) is 24.9 Å². The number of nitrogens with zero attached hydrogens (tertiary/aromatic N) is 2. The van der Waals surface area contributed by atoms with Gasteiger partial charge in [-0.25, -0.2) is 0 Å². The van der Waals surface area contributed by atoms with E-state index in [0.717, 1.165) is 57.2 Å². The first kappa shape index (κ1) is 19.9. The van der Waals surface area contributed by atoms with E-state index in [-0.39, 0.29) is 18.4 Å². The maximum atomic E-state index is 12.8. The Morgan fingerprint density at radius 2 is 1.87 bits per heavy atom. The molecule has 0 atom stereocenters. The van der Waals surface area contributed by atoms with Crippen LogP contribution in [-0.4, -0.2) is 62.7 Å². The molecular weight excluding hydrogens is 394 g/mol. The van der Waals surface area contributed by atoms with Crippen molar-refractivity contribution < 1.29 is 24.0 Å². The van der Waals surface area contributed by atoms with Crippen molar-refractivity contribution in [3.05, 3.63) is 53.6 Å². The number of carbonyl (C=O) groups is 2. The Bertz CT molecular complexity index is 985. The molecule has 162 valence electrons. The second-order valence-electron chi connectivity index (χ2n) is 8.40. The average Bonchev–Trinajstić information content (AvgIpc) is 3.27. The van der Waals surface area contributed by atoms with Gasteiger partial charge in [-0.2, -0.15) is 0 Å². The molecule has 3 heterocycles. The molecule has 3 aliphatic rings. The van der Waals surface area contributed by atoms with Crippen molar-refractivity contribution in [2.75, 3.05) is 50.8 Å². The van der Waals surface area contributed by atoms with Gasteiger partial charge in [0.1, 0.15) is 18.0 Å². The maximum absolute atomic E-state index is 12.8. The van der Waals surface area contributed by atoms with Crippen molar-refractivity contribution in [3.8, 4) is 11.5 Å². The van der Waals surface area contributed by atoms with Crippen LogP contribution in [0.3, 0.4) is 0 Å². The molecule has 2 amide bonds. The lowest BCUT2D eigenvalue weighted by atomic mass is 10.1. The van der Waals surface area contributed by atoms with Gasteiger partial charge in [0.25, 0.3) is 5.91 Å². The van der Waals surface area contributed by atoms with E-state index >= 15 is 0 Å². The predicted molar refractivity (Wildman–Crippen MR) is 116 cm³/mol. The Morgan fingerprint density at radius 3 is 2.74 bits per heavy atom. The molecule has 0 spiro atoms. The quantitative estimate of drug-likeness (QED) is 0.769. The van der Waals surface area contributed by atoms with E-state index in [0.29, 0.717) is 18.7 Å². The predicted octanol–water partition coefficient (Wildman–Crippen LogP) is 0.664. The standard InChI is InChI=1S/C24H27N3O4/c28-23(7-9-27-20-3-1-2-4-22(20)31-17-24(27)29)26-12-10-25(11-13-26)16-18-5-6-21-19(15-18)8-14-30-21/h1-6,15H,7-14,16-17H2/p+1. The monoisotopic (exact) mass is 422 g/mol. The lowest BCUT2D eigenvalue weighted by Gasteiger charge is -2.33. The Hall–Kier alpha value is -3.06. The van der Waals surface area contributed by atoms with Gasteiger partial charge < -0.3 is 24.2 Å². The summed E-state index contributed by atoms with van der Waals surface area (Å²) in [5.41, 5.74) is 3.40. The van der Waals surface area contributed by atoms with E-state index < -0.39 is 0 Å². The summed E-state index contributed by atoms with van der Waals surface area (Å²) in [4.78, 5) is 30.2. The third kappa shape index (κ3) is 4.23. The second-order valence-corrected chi connectivity index (χ2v) is 8.40. The Balaban J connectivity index is 1.12. The number of benzene rings is 2. The normalized spacial score (nSPS) is 18.3. The summed E-state index contributed by atoms with van der Waals surface area (Å²) in [7, 11) is 0. The number of carbonyl (C=O) groups excluding carboxylic acids is 2. The van der Waals surface area contributed by atoms with Crippen molar-refractivity contribution in [3.63, 3.8) is 0 Å². The van der Waals surface area contributed by atoms with Gasteiger partial charge in [-0.05, 0) is 35.9 Å². The van der Waals surface area contributed by atoms with Gasteiger partial charge in [0.15, 0.2) is 6.61 Å². The number of fused-ring (bicyclic) bond motifs is 2. The number of anilines is 1. The van der Waals surface area contributed by atoms with E-state index in [1.165, 1.54) is 16.0 Å². The van der Waals surface area contributed by atoms with Crippen LogP contribution in [0, 0.1) is 0 Å². The molecule has 1 saturated heterocycles. The smallest absolute Gasteiger partial charge is 0.265 e. The number of piperazine rings is 1. The minimum Gasteiger partial charge on any atom is -0.493 e. The van der Waals surface area contributed by atoms with Gasteiger partial charge >= 0.3 is 0 Å². The zero-order valence-corrected chi connectivity index (χ0v) is 17.6. The third-order valence-electron chi connectivity index (χ3n) is 6.39. The van der Waals surface area contributed by atoms with Gasteiger partial charge in [0.05, 0.1) is 38.5 Å². The molecule has 31 heavy (non-hydrogen) atoms. The fourth-order valence-electron chi connectivity index (χ4n) is 4.65. The summed E-state index contributed by atoms with van der Waals surface area (Å²) >= 11 is 0. The summed E-state index contributed by atoms with van der Waals surface area (Å²) in [6.07, 6.45) is 1.33. The first-order valence-corrected chi connectivity index (χ1v) is 11.1. The SMILES string of the molecule is O=C(CCN1C(=O)COc2ccccc21)N1CC[NH+](Cc2ccc3c(c2)CCO3)CC1. The maximum Gasteiger partial charge on any atom is 0.265 e. The Labute approximate surface area is 182 Å². The number of quaternary nitrogens is 1. The van der Waals surface area contributed by atoms with Crippen LogP contribution in [0.5, 0.6) is 11.5 Å². The minimum absolute atomic E-state index is 0.0298. The van der Waals surface area contributed by atoms with Crippen LogP contribution in [0.15, 0.2) is 42.5 Å². The minimum atomic E-state index is -0.0967. The molecule has 0 unspecified atom stereocenters. The lowest BCUT2D eigenvalue weighted by Crippen LogP contribution is -3.13. The van der Waals surface area contributed by atoms with Crippen LogP contribution in [0.4, 0.5) is 5.69 Å². The number of amides is 2. The number of ether oxygens (including phenoxy) is 2. The summed E-state index contributed by atoms with van der Waals surface area (Å²) in [6, 6.07) is 14.0. The highest BCUT2D eigenvalue weighted by Crippen LogP contribution is 2.31. The van der Waals surface area contributed by atoms with Gasteiger partial charge in [-0.3, -0.25) is 9.59 Å². The van der Waals surface area contributed by atoms with Crippen LogP contribution in [-0.2, 0) is 22.6 Å². The highest BCUT2D eigenvalue weighted by Gasteiger charge is 2.28. The van der Waals surface area contributed by atoms with Crippen LogP contribution < -0.4 is 19.3 Å². The number of para-hydroxylation sites is 2. The topological polar surface area (TPSA) is 63.5 Å². The fourth-order valence-corrected chi connectivity index (χ4v) is 4.65. The fraction of sp³-hybridized carbons (Fsp3) is 0.417. The van der Waals surface area contributed by atoms with Crippen molar-refractivity contribution in [2.45, 2.75) is 19.4 Å². The molecule has 0 saturated carbocycles. The summed E-state index contributed by atoms with van der Waals surface area (Å²) < 4.78 is 11.1. The molecule has 1 fully saturated rings. The van der Waals surface area contributed by atoms with Crippen molar-refractivity contribution >= 4 is 17.5 Å². The first-order chi connectivity index (χ1) is 15.2. The summed E-state index contributed by atoms with van der Waals surface area (Å²) in [6.45, 7) is 5.59. The van der Waals surface area contributed by atoms with Crippen LogP contribution >= 0.6 is 0 Å². The molecule has 7 nitrogen and oxygen atoms in total. The summed E-state index contributed by atoms with van der Waals surface area (Å²) in [5, 5.41) is 0. The molecule has 1 N–H and O–H groups in total. The largest absolute Gasteiger partial charge is 0.493 e. The third-order valence-corrected chi connectivity index (χ3v) is 6.39. The number of hydrogen-bond acceptors (Lipinski definition) is 4. The molecule has 5 rings (SSSR count). The highest BCUT2D eigenvalue weighted by molar-refractivity contribution is 5.98. The highest BCUT2D eigenvalue weighted by atomic mass is 16.5. The Morgan fingerprint density at radius 1 is 1.03 bits per heavy atom. The first-order valence-electron chi connectivity index (χ1n) is 11.1. The molecule has 0 radical (unpaired) electrons. The van der Waals surface area contributed by atoms with Gasteiger partial charge in [-0.1, -0.05) is 12.1 Å². The van der Waals surface area contributed by atoms with Gasteiger partial charge in [-0.15, -0.1) is 0 Å². The van der Waals surface area contributed by atoms with Crippen molar-refractivity contribution in [1.29, 1.82) is 0 Å². The molecular formula is C24H28N3O4+. The van der Waals surface area contributed by atoms with Gasteiger partial charge in [0.2, 0.25) is 5.91 Å². The van der Waals surface area contributed by atoms with E-state index in [1.807, 2.05) is 29.2 Å². The lowest BCUT2D eigenvalue weighted by molar-refractivity contribution is -0.917. The zero-order valence-electron chi connectivity index (χ0n) is 17.6. The van der Waals surface area contributed by atoms with Crippen molar-refractivity contribution in [2.24, 2.45) is 0 Å².